The molecule has 0 aromatic carbocycles. The van der Waals surface area contributed by atoms with Crippen molar-refractivity contribution in [1.82, 2.24) is 9.97 Å². The number of aromatic amines is 2. The molecule has 1 aromatic heterocycles. The van der Waals surface area contributed by atoms with E-state index in [0.29, 0.717) is 0 Å². The van der Waals surface area contributed by atoms with Gasteiger partial charge in [-0.05, 0) is 11.0 Å². The highest BCUT2D eigenvalue weighted by molar-refractivity contribution is 5.75. The van der Waals surface area contributed by atoms with Crippen LogP contribution < -0.4 is 11.2 Å². The molecule has 1 heterocycles. The summed E-state index contributed by atoms with van der Waals surface area (Å²) in [6, 6.07) is 1.24. The van der Waals surface area contributed by atoms with Gasteiger partial charge in [0.15, 0.2) is 0 Å². The highest BCUT2D eigenvalue weighted by Gasteiger charge is 1.77. The topological polar surface area (TPSA) is 65.7 Å². The van der Waals surface area contributed by atoms with Gasteiger partial charge in [0, 0.05) is 12.3 Å². The first-order valence-electron chi connectivity index (χ1n) is 2.07. The summed E-state index contributed by atoms with van der Waals surface area (Å²) in [5, 5.41) is 0. The van der Waals surface area contributed by atoms with E-state index in [1.807, 2.05) is 4.98 Å². The summed E-state index contributed by atoms with van der Waals surface area (Å²) in [4.78, 5) is 24.7. The SMILES string of the molecule is O=c1cc[nH]c(=O)[nH]1.[SiH4]. The standard InChI is InChI=1S/C4H4N2O2.H4Si/c7-3-1-2-5-4(8)6-3;/h1-2H,(H2,5,6,7,8);1H4. The quantitative estimate of drug-likeness (QED) is 0.399. The molecule has 4 nitrogen and oxygen atoms in total. The minimum absolute atomic E-state index is 0. The van der Waals surface area contributed by atoms with Crippen LogP contribution >= 0.6 is 0 Å². The molecule has 50 valence electrons. The molecule has 0 unspecified atom stereocenters. The van der Waals surface area contributed by atoms with Crippen molar-refractivity contribution in [3.63, 3.8) is 0 Å². The number of rotatable bonds is 0. The zero-order valence-corrected chi connectivity index (χ0v) is 3.97. The lowest BCUT2D eigenvalue weighted by Crippen LogP contribution is -2.19. The van der Waals surface area contributed by atoms with Crippen molar-refractivity contribution >= 4 is 11.0 Å². The molecule has 0 atom stereocenters. The van der Waals surface area contributed by atoms with Gasteiger partial charge in [0.1, 0.15) is 0 Å². The van der Waals surface area contributed by atoms with Crippen molar-refractivity contribution in [2.45, 2.75) is 0 Å². The molecule has 2 N–H and O–H groups in total. The first-order valence-corrected chi connectivity index (χ1v) is 2.07. The van der Waals surface area contributed by atoms with Gasteiger partial charge in [0.25, 0.3) is 5.56 Å². The van der Waals surface area contributed by atoms with Crippen LogP contribution in [0, 0.1) is 0 Å². The Morgan fingerprint density at radius 3 is 2.33 bits per heavy atom. The maximum absolute atomic E-state index is 10.2. The van der Waals surface area contributed by atoms with E-state index >= 15 is 0 Å². The molecular formula is C4H8N2O2Si. The normalized spacial score (nSPS) is 8.00. The second kappa shape index (κ2) is 3.03. The lowest BCUT2D eigenvalue weighted by molar-refractivity contribution is 1.04. The van der Waals surface area contributed by atoms with Crippen LogP contribution in [0.2, 0.25) is 0 Å². The molecule has 1 rings (SSSR count). The third-order valence-electron chi connectivity index (χ3n) is 0.686. The Labute approximate surface area is 55.0 Å². The van der Waals surface area contributed by atoms with E-state index in [-0.39, 0.29) is 16.5 Å². The van der Waals surface area contributed by atoms with Crippen molar-refractivity contribution in [2.75, 3.05) is 0 Å². The number of hydrogen-bond donors (Lipinski definition) is 2. The maximum Gasteiger partial charge on any atom is 0.325 e. The first kappa shape index (κ1) is 7.90. The average molecular weight is 144 g/mol. The van der Waals surface area contributed by atoms with E-state index in [4.69, 9.17) is 0 Å². The average Bonchev–Trinajstić information content (AvgIpc) is 1.64. The molecule has 0 aliphatic heterocycles. The zero-order chi connectivity index (χ0) is 5.98. The van der Waals surface area contributed by atoms with E-state index in [9.17, 15) is 9.59 Å². The van der Waals surface area contributed by atoms with Crippen molar-refractivity contribution < 1.29 is 0 Å². The Morgan fingerprint density at radius 2 is 2.00 bits per heavy atom. The van der Waals surface area contributed by atoms with Gasteiger partial charge in [-0.25, -0.2) is 4.79 Å². The largest absolute Gasteiger partial charge is 0.325 e. The molecular weight excluding hydrogens is 136 g/mol. The molecule has 0 saturated carbocycles. The summed E-state index contributed by atoms with van der Waals surface area (Å²) < 4.78 is 0. The lowest BCUT2D eigenvalue weighted by atomic mass is 10.7. The van der Waals surface area contributed by atoms with Crippen LogP contribution in [-0.2, 0) is 0 Å². The predicted octanol–water partition coefficient (Wildman–Crippen LogP) is -2.39. The van der Waals surface area contributed by atoms with Crippen molar-refractivity contribution in [1.29, 1.82) is 0 Å². The fraction of sp³-hybridized carbons (Fsp3) is 0. The summed E-state index contributed by atoms with van der Waals surface area (Å²) in [6.45, 7) is 0. The van der Waals surface area contributed by atoms with Crippen LogP contribution in [-0.4, -0.2) is 20.9 Å². The smallest absolute Gasteiger partial charge is 0.314 e. The summed E-state index contributed by atoms with van der Waals surface area (Å²) in [5.74, 6) is 0. The fourth-order valence-electron chi connectivity index (χ4n) is 0.383. The number of hydrogen-bond acceptors (Lipinski definition) is 2. The van der Waals surface area contributed by atoms with Gasteiger partial charge in [-0.3, -0.25) is 9.78 Å². The maximum atomic E-state index is 10.2. The Morgan fingerprint density at radius 1 is 1.33 bits per heavy atom. The monoisotopic (exact) mass is 144 g/mol. The fourth-order valence-corrected chi connectivity index (χ4v) is 0.383. The molecule has 0 saturated heterocycles. The van der Waals surface area contributed by atoms with Gasteiger partial charge >= 0.3 is 5.69 Å². The van der Waals surface area contributed by atoms with E-state index in [1.165, 1.54) is 12.3 Å². The second-order valence-corrected chi connectivity index (χ2v) is 1.30. The van der Waals surface area contributed by atoms with Gasteiger partial charge in [-0.15, -0.1) is 0 Å². The van der Waals surface area contributed by atoms with Crippen LogP contribution in [0.5, 0.6) is 0 Å². The van der Waals surface area contributed by atoms with E-state index in [1.54, 1.807) is 0 Å². The van der Waals surface area contributed by atoms with E-state index < -0.39 is 5.69 Å². The first-order chi connectivity index (χ1) is 3.79. The van der Waals surface area contributed by atoms with E-state index in [2.05, 4.69) is 4.98 Å². The Hall–Kier alpha value is -1.10. The number of H-pyrrole nitrogens is 2. The van der Waals surface area contributed by atoms with Gasteiger partial charge in [-0.1, -0.05) is 0 Å². The zero-order valence-electron chi connectivity index (χ0n) is 3.97. The Bertz CT molecular complexity index is 251. The Balaban J connectivity index is 0.000000640. The summed E-state index contributed by atoms with van der Waals surface area (Å²) in [6.07, 6.45) is 1.29. The highest BCUT2D eigenvalue weighted by Crippen LogP contribution is 1.51. The molecule has 1 aromatic rings. The molecule has 0 radical (unpaired) electrons. The molecule has 0 amide bonds. The van der Waals surface area contributed by atoms with Crippen molar-refractivity contribution in [3.05, 3.63) is 33.1 Å². The van der Waals surface area contributed by atoms with Gasteiger partial charge in [-0.2, -0.15) is 0 Å². The molecule has 9 heavy (non-hydrogen) atoms. The van der Waals surface area contributed by atoms with Gasteiger partial charge in [0.2, 0.25) is 0 Å². The summed E-state index contributed by atoms with van der Waals surface area (Å²) >= 11 is 0. The number of aromatic nitrogens is 2. The third-order valence-corrected chi connectivity index (χ3v) is 0.686. The van der Waals surface area contributed by atoms with E-state index in [0.717, 1.165) is 0 Å². The van der Waals surface area contributed by atoms with Crippen LogP contribution in [0.3, 0.4) is 0 Å². The van der Waals surface area contributed by atoms with Crippen molar-refractivity contribution in [2.24, 2.45) is 0 Å². The molecule has 5 heteroatoms. The summed E-state index contributed by atoms with van der Waals surface area (Å²) in [5.41, 5.74) is -0.855. The second-order valence-electron chi connectivity index (χ2n) is 1.30. The minimum atomic E-state index is -0.475. The van der Waals surface area contributed by atoms with Crippen LogP contribution in [0.4, 0.5) is 0 Å². The Kier molecular flexibility index (Phi) is 2.66. The molecule has 0 fully saturated rings. The third kappa shape index (κ3) is 2.09. The van der Waals surface area contributed by atoms with Gasteiger partial charge in [0.05, 0.1) is 0 Å². The minimum Gasteiger partial charge on any atom is -0.314 e. The van der Waals surface area contributed by atoms with Crippen LogP contribution in [0.15, 0.2) is 21.9 Å². The molecule has 0 aliphatic rings. The molecule has 0 aliphatic carbocycles. The molecule has 0 bridgehead atoms. The van der Waals surface area contributed by atoms with Crippen LogP contribution in [0.1, 0.15) is 0 Å². The molecule has 0 spiro atoms. The lowest BCUT2D eigenvalue weighted by Gasteiger charge is -1.75. The summed E-state index contributed by atoms with van der Waals surface area (Å²) in [7, 11) is 0. The van der Waals surface area contributed by atoms with Crippen LogP contribution in [0.25, 0.3) is 0 Å². The predicted molar refractivity (Wildman–Crippen MR) is 39.0 cm³/mol. The van der Waals surface area contributed by atoms with Crippen molar-refractivity contribution in [3.8, 4) is 0 Å². The van der Waals surface area contributed by atoms with Gasteiger partial charge < -0.3 is 4.98 Å². The number of nitrogens with one attached hydrogen (secondary N) is 2. The highest BCUT2D eigenvalue weighted by atomic mass is 28.1.